The summed E-state index contributed by atoms with van der Waals surface area (Å²) < 4.78 is 10.7. The van der Waals surface area contributed by atoms with Gasteiger partial charge in [0.25, 0.3) is 0 Å². The van der Waals surface area contributed by atoms with E-state index in [0.717, 1.165) is 31.7 Å². The van der Waals surface area contributed by atoms with Crippen LogP contribution in [0.25, 0.3) is 0 Å². The first kappa shape index (κ1) is 16.0. The second-order valence-corrected chi connectivity index (χ2v) is 5.30. The van der Waals surface area contributed by atoms with Crippen LogP contribution in [-0.2, 0) is 16.1 Å². The van der Waals surface area contributed by atoms with E-state index in [1.807, 2.05) is 19.1 Å². The minimum atomic E-state index is -0.154. The molecule has 0 aliphatic carbocycles. The predicted octanol–water partition coefficient (Wildman–Crippen LogP) is 0.758. The average molecular weight is 296 g/mol. The fraction of sp³-hybridized carbons (Fsp3) is 0.667. The van der Waals surface area contributed by atoms with Crippen molar-refractivity contribution in [2.24, 2.45) is 0 Å². The van der Waals surface area contributed by atoms with Crippen LogP contribution in [0.1, 0.15) is 25.5 Å². The minimum Gasteiger partial charge on any atom is -0.467 e. The van der Waals surface area contributed by atoms with Gasteiger partial charge in [-0.1, -0.05) is 0 Å². The Kier molecular flexibility index (Phi) is 6.22. The lowest BCUT2D eigenvalue weighted by atomic mass is 10.1. The monoisotopic (exact) mass is 296 g/mol. The standard InChI is InChI=1S/C15H24N2O4/c1-12(15(19)16-11-14-3-2-9-20-14)17-6-4-13(5-7-17)21-10-8-18/h2-3,9,12-13,18H,4-8,10-11H2,1H3,(H,16,19). The number of likely N-dealkylation sites (tertiary alicyclic amines) is 1. The van der Waals surface area contributed by atoms with E-state index in [1.54, 1.807) is 6.26 Å². The number of amides is 1. The molecule has 0 saturated carbocycles. The van der Waals surface area contributed by atoms with Crippen LogP contribution in [0.3, 0.4) is 0 Å². The molecule has 118 valence electrons. The summed E-state index contributed by atoms with van der Waals surface area (Å²) >= 11 is 0. The average Bonchev–Trinajstić information content (AvgIpc) is 3.04. The number of carbonyl (C=O) groups is 1. The Hall–Kier alpha value is -1.37. The molecule has 1 unspecified atom stereocenters. The SMILES string of the molecule is CC(C(=O)NCc1ccco1)N1CCC(OCCO)CC1. The van der Waals surface area contributed by atoms with Gasteiger partial charge in [0, 0.05) is 13.1 Å². The first-order valence-corrected chi connectivity index (χ1v) is 7.47. The maximum atomic E-state index is 12.1. The van der Waals surface area contributed by atoms with Crippen LogP contribution < -0.4 is 5.32 Å². The van der Waals surface area contributed by atoms with Crippen molar-refractivity contribution in [1.82, 2.24) is 10.2 Å². The minimum absolute atomic E-state index is 0.0149. The predicted molar refractivity (Wildman–Crippen MR) is 77.6 cm³/mol. The fourth-order valence-electron chi connectivity index (χ4n) is 2.55. The Balaban J connectivity index is 1.70. The summed E-state index contributed by atoms with van der Waals surface area (Å²) in [4.78, 5) is 14.3. The third-order valence-electron chi connectivity index (χ3n) is 3.87. The van der Waals surface area contributed by atoms with Gasteiger partial charge in [-0.05, 0) is 31.9 Å². The van der Waals surface area contributed by atoms with Crippen LogP contribution in [0.15, 0.2) is 22.8 Å². The van der Waals surface area contributed by atoms with Gasteiger partial charge in [0.05, 0.1) is 38.2 Å². The number of hydrogen-bond donors (Lipinski definition) is 2. The molecule has 21 heavy (non-hydrogen) atoms. The topological polar surface area (TPSA) is 74.9 Å². The number of aliphatic hydroxyl groups is 1. The number of piperidine rings is 1. The molecular formula is C15H24N2O4. The number of furan rings is 1. The number of rotatable bonds is 7. The number of carbonyl (C=O) groups excluding carboxylic acids is 1. The molecule has 0 bridgehead atoms. The van der Waals surface area contributed by atoms with Crippen molar-refractivity contribution in [3.8, 4) is 0 Å². The zero-order valence-electron chi connectivity index (χ0n) is 12.5. The zero-order chi connectivity index (χ0) is 15.1. The van der Waals surface area contributed by atoms with Crippen LogP contribution in [0, 0.1) is 0 Å². The molecule has 0 spiro atoms. The fourth-order valence-corrected chi connectivity index (χ4v) is 2.55. The highest BCUT2D eigenvalue weighted by Gasteiger charge is 2.26. The van der Waals surface area contributed by atoms with Gasteiger partial charge in [0.1, 0.15) is 5.76 Å². The van der Waals surface area contributed by atoms with E-state index < -0.39 is 0 Å². The van der Waals surface area contributed by atoms with E-state index in [0.29, 0.717) is 13.2 Å². The summed E-state index contributed by atoms with van der Waals surface area (Å²) in [6, 6.07) is 3.50. The second kappa shape index (κ2) is 8.17. The molecule has 1 aromatic rings. The molecule has 2 heterocycles. The van der Waals surface area contributed by atoms with Crippen molar-refractivity contribution >= 4 is 5.91 Å². The van der Waals surface area contributed by atoms with Crippen molar-refractivity contribution in [3.05, 3.63) is 24.2 Å². The van der Waals surface area contributed by atoms with Crippen molar-refractivity contribution in [3.63, 3.8) is 0 Å². The number of nitrogens with zero attached hydrogens (tertiary/aromatic N) is 1. The Morgan fingerprint density at radius 2 is 2.33 bits per heavy atom. The molecule has 1 aliphatic rings. The van der Waals surface area contributed by atoms with Gasteiger partial charge < -0.3 is 19.6 Å². The first-order chi connectivity index (χ1) is 10.2. The highest BCUT2D eigenvalue weighted by Crippen LogP contribution is 2.16. The quantitative estimate of drug-likeness (QED) is 0.777. The maximum Gasteiger partial charge on any atom is 0.237 e. The Morgan fingerprint density at radius 3 is 2.95 bits per heavy atom. The van der Waals surface area contributed by atoms with Crippen LogP contribution >= 0.6 is 0 Å². The highest BCUT2D eigenvalue weighted by molar-refractivity contribution is 5.81. The molecule has 2 rings (SSSR count). The van der Waals surface area contributed by atoms with Gasteiger partial charge in [-0.15, -0.1) is 0 Å². The Bertz CT molecular complexity index is 413. The van der Waals surface area contributed by atoms with Crippen LogP contribution in [0.4, 0.5) is 0 Å². The van der Waals surface area contributed by atoms with Crippen molar-refractivity contribution in [2.75, 3.05) is 26.3 Å². The smallest absolute Gasteiger partial charge is 0.237 e. The Labute approximate surface area is 125 Å². The van der Waals surface area contributed by atoms with E-state index in [2.05, 4.69) is 10.2 Å². The summed E-state index contributed by atoms with van der Waals surface area (Å²) in [5.41, 5.74) is 0. The van der Waals surface area contributed by atoms with Gasteiger partial charge in [-0.2, -0.15) is 0 Å². The molecule has 1 atom stereocenters. The molecule has 0 aromatic carbocycles. The molecule has 1 aromatic heterocycles. The number of nitrogens with one attached hydrogen (secondary N) is 1. The second-order valence-electron chi connectivity index (χ2n) is 5.30. The molecule has 2 N–H and O–H groups in total. The van der Waals surface area contributed by atoms with E-state index in [4.69, 9.17) is 14.3 Å². The van der Waals surface area contributed by atoms with Crippen molar-refractivity contribution < 1.29 is 19.1 Å². The number of aliphatic hydroxyl groups excluding tert-OH is 1. The number of hydrogen-bond acceptors (Lipinski definition) is 5. The lowest BCUT2D eigenvalue weighted by Crippen LogP contribution is -2.49. The normalized spacial score (nSPS) is 18.6. The van der Waals surface area contributed by atoms with Gasteiger partial charge >= 0.3 is 0 Å². The first-order valence-electron chi connectivity index (χ1n) is 7.47. The van der Waals surface area contributed by atoms with Gasteiger partial charge in [-0.25, -0.2) is 0 Å². The molecule has 1 amide bonds. The molecule has 1 saturated heterocycles. The summed E-state index contributed by atoms with van der Waals surface area (Å²) in [7, 11) is 0. The molecule has 6 nitrogen and oxygen atoms in total. The molecule has 1 fully saturated rings. The van der Waals surface area contributed by atoms with E-state index in [1.165, 1.54) is 0 Å². The largest absolute Gasteiger partial charge is 0.467 e. The van der Waals surface area contributed by atoms with Gasteiger partial charge in [-0.3, -0.25) is 9.69 Å². The lowest BCUT2D eigenvalue weighted by Gasteiger charge is -2.35. The summed E-state index contributed by atoms with van der Waals surface area (Å²) in [5.74, 6) is 0.771. The van der Waals surface area contributed by atoms with Crippen molar-refractivity contribution in [1.29, 1.82) is 0 Å². The van der Waals surface area contributed by atoms with Crippen LogP contribution in [-0.4, -0.2) is 54.4 Å². The molecule has 6 heteroatoms. The summed E-state index contributed by atoms with van der Waals surface area (Å²) in [6.07, 6.45) is 3.60. The van der Waals surface area contributed by atoms with Crippen LogP contribution in [0.2, 0.25) is 0 Å². The van der Waals surface area contributed by atoms with Gasteiger partial charge in [0.2, 0.25) is 5.91 Å². The zero-order valence-corrected chi connectivity index (χ0v) is 12.5. The van der Waals surface area contributed by atoms with Crippen LogP contribution in [0.5, 0.6) is 0 Å². The number of ether oxygens (including phenoxy) is 1. The molecule has 1 aliphatic heterocycles. The summed E-state index contributed by atoms with van der Waals surface area (Å²) in [6.45, 7) is 4.48. The third-order valence-corrected chi connectivity index (χ3v) is 3.87. The van der Waals surface area contributed by atoms with Crippen molar-refractivity contribution in [2.45, 2.75) is 38.5 Å². The summed E-state index contributed by atoms with van der Waals surface area (Å²) in [5, 5.41) is 11.6. The Morgan fingerprint density at radius 1 is 1.57 bits per heavy atom. The highest BCUT2D eigenvalue weighted by atomic mass is 16.5. The lowest BCUT2D eigenvalue weighted by molar-refractivity contribution is -0.127. The third kappa shape index (κ3) is 4.84. The van der Waals surface area contributed by atoms with E-state index >= 15 is 0 Å². The molecular weight excluding hydrogens is 272 g/mol. The maximum absolute atomic E-state index is 12.1. The van der Waals surface area contributed by atoms with E-state index in [-0.39, 0.29) is 24.7 Å². The molecule has 0 radical (unpaired) electrons. The van der Waals surface area contributed by atoms with E-state index in [9.17, 15) is 4.79 Å². The van der Waals surface area contributed by atoms with Gasteiger partial charge in [0.15, 0.2) is 0 Å².